The van der Waals surface area contributed by atoms with Gasteiger partial charge in [-0.15, -0.1) is 0 Å². The summed E-state index contributed by atoms with van der Waals surface area (Å²) in [6.07, 6.45) is 1.68. The van der Waals surface area contributed by atoms with Crippen molar-refractivity contribution in [3.63, 3.8) is 0 Å². The first-order chi connectivity index (χ1) is 6.11. The maximum absolute atomic E-state index is 6.00. The molecule has 0 unspecified atom stereocenters. The zero-order valence-electron chi connectivity index (χ0n) is 7.82. The third-order valence-electron chi connectivity index (χ3n) is 2.19. The quantitative estimate of drug-likeness (QED) is 0.752. The van der Waals surface area contributed by atoms with Gasteiger partial charge in [0.2, 0.25) is 0 Å². The third kappa shape index (κ3) is 1.92. The van der Waals surface area contributed by atoms with Crippen LogP contribution in [0, 0.1) is 0 Å². The number of hydrogen-bond donors (Lipinski definition) is 1. The molecule has 1 nitrogen and oxygen atoms in total. The Hall–Kier alpha value is -0.400. The van der Waals surface area contributed by atoms with Crippen LogP contribution in [0.25, 0.3) is 0 Å². The van der Waals surface area contributed by atoms with Gasteiger partial charge in [0, 0.05) is 15.7 Å². The van der Waals surface area contributed by atoms with E-state index in [2.05, 4.69) is 0 Å². The van der Waals surface area contributed by atoms with Crippen LogP contribution in [0.5, 0.6) is 0 Å². The van der Waals surface area contributed by atoms with Crippen molar-refractivity contribution < 1.29 is 0 Å². The van der Waals surface area contributed by atoms with Gasteiger partial charge in [-0.25, -0.2) is 0 Å². The van der Waals surface area contributed by atoms with Crippen LogP contribution in [0.2, 0.25) is 10.0 Å². The Labute approximate surface area is 88.8 Å². The Morgan fingerprint density at radius 3 is 1.77 bits per heavy atom. The molecule has 1 aromatic rings. The number of hydrogen-bond acceptors (Lipinski definition) is 1. The molecule has 0 aromatic heterocycles. The normalized spacial score (nSPS) is 10.5. The van der Waals surface area contributed by atoms with Crippen molar-refractivity contribution in [2.24, 2.45) is 0 Å². The molecule has 2 N–H and O–H groups in total. The van der Waals surface area contributed by atoms with Crippen molar-refractivity contribution in [2.75, 3.05) is 5.73 Å². The van der Waals surface area contributed by atoms with E-state index >= 15 is 0 Å². The van der Waals surface area contributed by atoms with E-state index in [1.165, 1.54) is 0 Å². The third-order valence-corrected chi connectivity index (χ3v) is 2.86. The lowest BCUT2D eigenvalue weighted by molar-refractivity contribution is 1.09. The molecule has 13 heavy (non-hydrogen) atoms. The number of nitrogens with two attached hydrogens (primary N) is 1. The van der Waals surface area contributed by atoms with Gasteiger partial charge < -0.3 is 5.73 Å². The van der Waals surface area contributed by atoms with Crippen LogP contribution in [-0.4, -0.2) is 0 Å². The van der Waals surface area contributed by atoms with Gasteiger partial charge in [-0.2, -0.15) is 0 Å². The lowest BCUT2D eigenvalue weighted by Gasteiger charge is -2.12. The largest absolute Gasteiger partial charge is 0.398 e. The van der Waals surface area contributed by atoms with Crippen LogP contribution in [-0.2, 0) is 12.8 Å². The van der Waals surface area contributed by atoms with Gasteiger partial charge in [0.05, 0.1) is 0 Å². The summed E-state index contributed by atoms with van der Waals surface area (Å²) < 4.78 is 0. The van der Waals surface area contributed by atoms with Crippen LogP contribution in [0.3, 0.4) is 0 Å². The van der Waals surface area contributed by atoms with Gasteiger partial charge in [0.15, 0.2) is 0 Å². The molecule has 0 bridgehead atoms. The fourth-order valence-electron chi connectivity index (χ4n) is 1.44. The lowest BCUT2D eigenvalue weighted by atomic mass is 10.0. The Morgan fingerprint density at radius 2 is 1.46 bits per heavy atom. The number of halogens is 2. The van der Waals surface area contributed by atoms with Gasteiger partial charge in [-0.3, -0.25) is 0 Å². The molecule has 0 saturated heterocycles. The molecule has 3 heteroatoms. The molecule has 72 valence electrons. The minimum Gasteiger partial charge on any atom is -0.398 e. The maximum Gasteiger partial charge on any atom is 0.0473 e. The number of benzene rings is 1. The van der Waals surface area contributed by atoms with E-state index in [0.29, 0.717) is 10.0 Å². The predicted molar refractivity (Wildman–Crippen MR) is 59.6 cm³/mol. The highest BCUT2D eigenvalue weighted by atomic mass is 35.5. The number of anilines is 1. The van der Waals surface area contributed by atoms with Crippen LogP contribution in [0.1, 0.15) is 25.0 Å². The molecule has 1 rings (SSSR count). The van der Waals surface area contributed by atoms with Crippen molar-refractivity contribution >= 4 is 28.9 Å². The molecular formula is C10H13Cl2N. The minimum absolute atomic E-state index is 0.669. The van der Waals surface area contributed by atoms with Crippen molar-refractivity contribution in [2.45, 2.75) is 26.7 Å². The monoisotopic (exact) mass is 217 g/mol. The second-order valence-corrected chi connectivity index (χ2v) is 3.73. The summed E-state index contributed by atoms with van der Waals surface area (Å²) in [6.45, 7) is 4.07. The molecule has 0 radical (unpaired) electrons. The molecule has 1 aromatic carbocycles. The van der Waals surface area contributed by atoms with Gasteiger partial charge in [-0.1, -0.05) is 37.0 Å². The lowest BCUT2D eigenvalue weighted by Crippen LogP contribution is -2.00. The zero-order chi connectivity index (χ0) is 10.0. The molecule has 0 heterocycles. The summed E-state index contributed by atoms with van der Waals surface area (Å²) in [5.74, 6) is 0. The Bertz CT molecular complexity index is 293. The Kier molecular flexibility index (Phi) is 3.46. The van der Waals surface area contributed by atoms with E-state index in [1.807, 2.05) is 13.8 Å². The zero-order valence-corrected chi connectivity index (χ0v) is 9.34. The standard InChI is InChI=1S/C10H13Cl2N/c1-3-6-8(11)5-9(12)7(4-2)10(6)13/h5H,3-4,13H2,1-2H3. The van der Waals surface area contributed by atoms with Crippen molar-refractivity contribution in [3.8, 4) is 0 Å². The Morgan fingerprint density at radius 1 is 1.08 bits per heavy atom. The van der Waals surface area contributed by atoms with Crippen molar-refractivity contribution in [1.29, 1.82) is 0 Å². The molecule has 0 amide bonds. The van der Waals surface area contributed by atoms with Crippen molar-refractivity contribution in [3.05, 3.63) is 27.2 Å². The summed E-state index contributed by atoms with van der Waals surface area (Å²) in [7, 11) is 0. The van der Waals surface area contributed by atoms with Gasteiger partial charge in [0.1, 0.15) is 0 Å². The van der Waals surface area contributed by atoms with E-state index in [1.54, 1.807) is 6.07 Å². The summed E-state index contributed by atoms with van der Waals surface area (Å²) in [6, 6.07) is 1.77. The second-order valence-electron chi connectivity index (χ2n) is 2.92. The fraction of sp³-hybridized carbons (Fsp3) is 0.400. The highest BCUT2D eigenvalue weighted by molar-refractivity contribution is 6.36. The first kappa shape index (κ1) is 10.7. The van der Waals surface area contributed by atoms with E-state index in [9.17, 15) is 0 Å². The van der Waals surface area contributed by atoms with E-state index in [0.717, 1.165) is 29.7 Å². The first-order valence-electron chi connectivity index (χ1n) is 4.37. The topological polar surface area (TPSA) is 26.0 Å². The molecule has 0 aliphatic carbocycles. The van der Waals surface area contributed by atoms with Gasteiger partial charge in [0.25, 0.3) is 0 Å². The van der Waals surface area contributed by atoms with Crippen LogP contribution >= 0.6 is 23.2 Å². The molecule has 0 fully saturated rings. The van der Waals surface area contributed by atoms with Crippen LogP contribution in [0.4, 0.5) is 5.69 Å². The molecular weight excluding hydrogens is 205 g/mol. The molecule has 0 aliphatic heterocycles. The smallest absolute Gasteiger partial charge is 0.0473 e. The second kappa shape index (κ2) is 4.21. The minimum atomic E-state index is 0.669. The summed E-state index contributed by atoms with van der Waals surface area (Å²) >= 11 is 12.0. The number of rotatable bonds is 2. The summed E-state index contributed by atoms with van der Waals surface area (Å²) in [5.41, 5.74) is 8.69. The van der Waals surface area contributed by atoms with Crippen LogP contribution in [0.15, 0.2) is 6.07 Å². The maximum atomic E-state index is 6.00. The highest BCUT2D eigenvalue weighted by Crippen LogP contribution is 2.32. The molecule has 0 saturated carbocycles. The molecule has 0 aliphatic rings. The number of nitrogen functional groups attached to an aromatic ring is 1. The fourth-order valence-corrected chi connectivity index (χ4v) is 2.19. The van der Waals surface area contributed by atoms with Crippen molar-refractivity contribution in [1.82, 2.24) is 0 Å². The summed E-state index contributed by atoms with van der Waals surface area (Å²) in [5, 5.41) is 1.34. The molecule has 0 spiro atoms. The highest BCUT2D eigenvalue weighted by Gasteiger charge is 2.10. The van der Waals surface area contributed by atoms with E-state index in [-0.39, 0.29) is 0 Å². The van der Waals surface area contributed by atoms with Gasteiger partial charge in [-0.05, 0) is 30.0 Å². The first-order valence-corrected chi connectivity index (χ1v) is 5.12. The van der Waals surface area contributed by atoms with Crippen LogP contribution < -0.4 is 5.73 Å². The van der Waals surface area contributed by atoms with E-state index in [4.69, 9.17) is 28.9 Å². The average molecular weight is 218 g/mol. The van der Waals surface area contributed by atoms with E-state index < -0.39 is 0 Å². The predicted octanol–water partition coefficient (Wildman–Crippen LogP) is 3.70. The molecule has 0 atom stereocenters. The SMILES string of the molecule is CCc1c(Cl)cc(Cl)c(CC)c1N. The Balaban J connectivity index is 3.39. The van der Waals surface area contributed by atoms with Gasteiger partial charge >= 0.3 is 0 Å². The summed E-state index contributed by atoms with van der Waals surface area (Å²) in [4.78, 5) is 0. The average Bonchev–Trinajstić information content (AvgIpc) is 2.04.